The lowest BCUT2D eigenvalue weighted by Gasteiger charge is -2.20. The zero-order chi connectivity index (χ0) is 10.8. The van der Waals surface area contributed by atoms with Crippen LogP contribution in [0.15, 0.2) is 0 Å². The number of aliphatic hydroxyl groups is 1. The molecule has 0 unspecified atom stereocenters. The van der Waals surface area contributed by atoms with Crippen LogP contribution in [-0.4, -0.2) is 40.6 Å². The van der Waals surface area contributed by atoms with E-state index in [2.05, 4.69) is 0 Å². The largest absolute Gasteiger partial charge is 0.391 e. The first kappa shape index (κ1) is 11.5. The van der Waals surface area contributed by atoms with E-state index in [4.69, 9.17) is 5.73 Å². The maximum Gasteiger partial charge on any atom is 0.222 e. The lowest BCUT2D eigenvalue weighted by Crippen LogP contribution is -2.35. The van der Waals surface area contributed by atoms with Gasteiger partial charge in [0.25, 0.3) is 0 Å². The lowest BCUT2D eigenvalue weighted by atomic mass is 10.00. The normalized spacial score (nSPS) is 22.9. The second-order valence-electron chi connectivity index (χ2n) is 4.77. The Morgan fingerprint density at radius 3 is 2.71 bits per heavy atom. The van der Waals surface area contributed by atoms with Crippen LogP contribution in [0.1, 0.15) is 33.1 Å². The third-order valence-corrected chi connectivity index (χ3v) is 2.50. The van der Waals surface area contributed by atoms with Crippen molar-refractivity contribution in [2.75, 3.05) is 13.1 Å². The minimum absolute atomic E-state index is 0.111. The Morgan fingerprint density at radius 1 is 1.64 bits per heavy atom. The van der Waals surface area contributed by atoms with Crippen LogP contribution in [0, 0.1) is 0 Å². The van der Waals surface area contributed by atoms with Crippen LogP contribution in [0.4, 0.5) is 0 Å². The first-order chi connectivity index (χ1) is 6.38. The second-order valence-corrected chi connectivity index (χ2v) is 4.77. The first-order valence-corrected chi connectivity index (χ1v) is 5.13. The molecule has 4 nitrogen and oxygen atoms in total. The zero-order valence-corrected chi connectivity index (χ0v) is 8.99. The van der Waals surface area contributed by atoms with E-state index in [0.29, 0.717) is 32.4 Å². The van der Waals surface area contributed by atoms with Crippen molar-refractivity contribution < 1.29 is 9.90 Å². The fourth-order valence-corrected chi connectivity index (χ4v) is 1.56. The number of aliphatic hydroxyl groups excluding tert-OH is 1. The van der Waals surface area contributed by atoms with Gasteiger partial charge >= 0.3 is 0 Å². The highest BCUT2D eigenvalue weighted by molar-refractivity contribution is 5.76. The predicted octanol–water partition coefficient (Wildman–Crippen LogP) is 0.0971. The number of nitrogens with zero attached hydrogens (tertiary/aromatic N) is 1. The van der Waals surface area contributed by atoms with Gasteiger partial charge in [0.05, 0.1) is 6.10 Å². The molecule has 0 radical (unpaired) electrons. The molecule has 82 valence electrons. The van der Waals surface area contributed by atoms with E-state index in [9.17, 15) is 9.90 Å². The maximum absolute atomic E-state index is 11.6. The van der Waals surface area contributed by atoms with Gasteiger partial charge in [-0.3, -0.25) is 4.79 Å². The molecular weight excluding hydrogens is 180 g/mol. The van der Waals surface area contributed by atoms with Crippen LogP contribution in [0.25, 0.3) is 0 Å². The number of carbonyl (C=O) groups is 1. The molecule has 0 saturated carbocycles. The van der Waals surface area contributed by atoms with Gasteiger partial charge in [0.2, 0.25) is 5.91 Å². The molecule has 0 aromatic carbocycles. The van der Waals surface area contributed by atoms with Crippen molar-refractivity contribution in [2.45, 2.75) is 44.8 Å². The van der Waals surface area contributed by atoms with Crippen LogP contribution in [0.3, 0.4) is 0 Å². The molecule has 0 spiro atoms. The van der Waals surface area contributed by atoms with Crippen LogP contribution < -0.4 is 5.73 Å². The first-order valence-electron chi connectivity index (χ1n) is 5.13. The molecule has 1 amide bonds. The summed E-state index contributed by atoms with van der Waals surface area (Å²) >= 11 is 0. The maximum atomic E-state index is 11.6. The lowest BCUT2D eigenvalue weighted by molar-refractivity contribution is -0.130. The van der Waals surface area contributed by atoms with Crippen LogP contribution in [-0.2, 0) is 4.79 Å². The van der Waals surface area contributed by atoms with E-state index in [1.165, 1.54) is 0 Å². The van der Waals surface area contributed by atoms with Gasteiger partial charge in [0.1, 0.15) is 0 Å². The predicted molar refractivity (Wildman–Crippen MR) is 54.7 cm³/mol. The second kappa shape index (κ2) is 4.28. The summed E-state index contributed by atoms with van der Waals surface area (Å²) in [7, 11) is 0. The van der Waals surface area contributed by atoms with Gasteiger partial charge in [-0.1, -0.05) is 0 Å². The van der Waals surface area contributed by atoms with Crippen molar-refractivity contribution in [3.63, 3.8) is 0 Å². The summed E-state index contributed by atoms with van der Waals surface area (Å²) in [5, 5.41) is 9.26. The molecule has 1 aliphatic rings. The van der Waals surface area contributed by atoms with Gasteiger partial charge in [0.15, 0.2) is 0 Å². The Hall–Kier alpha value is -0.610. The number of rotatable bonds is 3. The Labute approximate surface area is 85.1 Å². The third kappa shape index (κ3) is 3.64. The number of hydrogen-bond donors (Lipinski definition) is 2. The molecule has 0 bridgehead atoms. The summed E-state index contributed by atoms with van der Waals surface area (Å²) in [4.78, 5) is 13.3. The highest BCUT2D eigenvalue weighted by atomic mass is 16.3. The Kier molecular flexibility index (Phi) is 3.50. The minimum Gasteiger partial charge on any atom is -0.391 e. The van der Waals surface area contributed by atoms with Crippen LogP contribution in [0.5, 0.6) is 0 Å². The average molecular weight is 200 g/mol. The summed E-state index contributed by atoms with van der Waals surface area (Å²) in [6.07, 6.45) is 1.55. The Balaban J connectivity index is 2.29. The number of β-amino-alcohol motifs (C(OH)–C–C–N with tert-alkyl or cyclic N) is 1. The number of amides is 1. The van der Waals surface area contributed by atoms with Gasteiger partial charge in [-0.25, -0.2) is 0 Å². The van der Waals surface area contributed by atoms with Gasteiger partial charge in [0, 0.05) is 25.0 Å². The fraction of sp³-hybridized carbons (Fsp3) is 0.900. The summed E-state index contributed by atoms with van der Waals surface area (Å²) in [6.45, 7) is 5.01. The molecular formula is C10H20N2O2. The van der Waals surface area contributed by atoms with Crippen molar-refractivity contribution >= 4 is 5.91 Å². The van der Waals surface area contributed by atoms with Crippen molar-refractivity contribution in [1.29, 1.82) is 0 Å². The van der Waals surface area contributed by atoms with Gasteiger partial charge in [-0.15, -0.1) is 0 Å². The van der Waals surface area contributed by atoms with E-state index in [-0.39, 0.29) is 17.6 Å². The molecule has 4 heteroatoms. The molecule has 0 aliphatic carbocycles. The highest BCUT2D eigenvalue weighted by Gasteiger charge is 2.25. The highest BCUT2D eigenvalue weighted by Crippen LogP contribution is 2.13. The summed E-state index contributed by atoms with van der Waals surface area (Å²) < 4.78 is 0. The number of likely N-dealkylation sites (tertiary alicyclic amines) is 1. The number of carbonyl (C=O) groups excluding carboxylic acids is 1. The van der Waals surface area contributed by atoms with Crippen LogP contribution in [0.2, 0.25) is 0 Å². The molecule has 14 heavy (non-hydrogen) atoms. The number of nitrogens with two attached hydrogens (primary N) is 1. The van der Waals surface area contributed by atoms with Gasteiger partial charge in [-0.05, 0) is 26.7 Å². The molecule has 1 saturated heterocycles. The van der Waals surface area contributed by atoms with Crippen LogP contribution >= 0.6 is 0 Å². The monoisotopic (exact) mass is 200 g/mol. The van der Waals surface area contributed by atoms with E-state index in [1.807, 2.05) is 13.8 Å². The standard InChI is InChI=1S/C10H20N2O2/c1-10(2,11)5-3-9(14)12-6-4-8(13)7-12/h8,13H,3-7,11H2,1-2H3/t8-/m1/s1. The Bertz CT molecular complexity index is 211. The molecule has 1 rings (SSSR count). The van der Waals surface area contributed by atoms with Gasteiger partial charge in [-0.2, -0.15) is 0 Å². The van der Waals surface area contributed by atoms with E-state index in [1.54, 1.807) is 4.90 Å². The molecule has 1 atom stereocenters. The molecule has 1 fully saturated rings. The van der Waals surface area contributed by atoms with Crippen molar-refractivity contribution in [3.8, 4) is 0 Å². The van der Waals surface area contributed by atoms with E-state index < -0.39 is 0 Å². The summed E-state index contributed by atoms with van der Waals surface area (Å²) in [5.41, 5.74) is 5.51. The zero-order valence-electron chi connectivity index (χ0n) is 8.99. The topological polar surface area (TPSA) is 66.6 Å². The third-order valence-electron chi connectivity index (χ3n) is 2.50. The van der Waals surface area contributed by atoms with Crippen molar-refractivity contribution in [3.05, 3.63) is 0 Å². The van der Waals surface area contributed by atoms with Gasteiger partial charge < -0.3 is 15.7 Å². The minimum atomic E-state index is -0.329. The molecule has 0 aromatic heterocycles. The summed E-state index contributed by atoms with van der Waals surface area (Å²) in [5.74, 6) is 0.111. The van der Waals surface area contributed by atoms with Crippen molar-refractivity contribution in [2.24, 2.45) is 5.73 Å². The molecule has 1 heterocycles. The fourth-order valence-electron chi connectivity index (χ4n) is 1.56. The quantitative estimate of drug-likeness (QED) is 0.679. The number of hydrogen-bond acceptors (Lipinski definition) is 3. The smallest absolute Gasteiger partial charge is 0.222 e. The summed E-state index contributed by atoms with van der Waals surface area (Å²) in [6, 6.07) is 0. The Morgan fingerprint density at radius 2 is 2.29 bits per heavy atom. The SMILES string of the molecule is CC(C)(N)CCC(=O)N1CC[C@@H](O)C1. The van der Waals surface area contributed by atoms with E-state index in [0.717, 1.165) is 0 Å². The molecule has 0 aromatic rings. The molecule has 3 N–H and O–H groups in total. The average Bonchev–Trinajstić information content (AvgIpc) is 2.46. The van der Waals surface area contributed by atoms with Crippen molar-refractivity contribution in [1.82, 2.24) is 4.90 Å². The molecule has 1 aliphatic heterocycles. The van der Waals surface area contributed by atoms with E-state index >= 15 is 0 Å².